The predicted molar refractivity (Wildman–Crippen MR) is 85.4 cm³/mol. The van der Waals surface area contributed by atoms with Gasteiger partial charge < -0.3 is 0 Å². The lowest BCUT2D eigenvalue weighted by Crippen LogP contribution is -2.22. The molecule has 0 spiro atoms. The molecular formula is C17H13FN4O. The molecule has 0 atom stereocenters. The van der Waals surface area contributed by atoms with Gasteiger partial charge in [0.1, 0.15) is 11.6 Å². The molecule has 0 aliphatic heterocycles. The summed E-state index contributed by atoms with van der Waals surface area (Å²) in [5.74, 6) is 0.846. The number of benzene rings is 2. The fraction of sp³-hybridized carbons (Fsp3) is 0.118. The van der Waals surface area contributed by atoms with E-state index in [9.17, 15) is 9.18 Å². The summed E-state index contributed by atoms with van der Waals surface area (Å²) in [5.41, 5.74) is 1.13. The first-order valence-corrected chi connectivity index (χ1v) is 7.34. The molecule has 0 N–H and O–H groups in total. The van der Waals surface area contributed by atoms with Crippen molar-refractivity contribution in [2.45, 2.75) is 13.3 Å². The van der Waals surface area contributed by atoms with Crippen molar-refractivity contribution in [3.05, 3.63) is 70.5 Å². The molecule has 2 aromatic heterocycles. The fourth-order valence-corrected chi connectivity index (χ4v) is 2.81. The summed E-state index contributed by atoms with van der Waals surface area (Å²) in [6.45, 7) is 1.98. The second-order valence-electron chi connectivity index (χ2n) is 5.24. The van der Waals surface area contributed by atoms with Crippen molar-refractivity contribution >= 4 is 16.7 Å². The number of fused-ring (bicyclic) bond motifs is 3. The topological polar surface area (TPSA) is 52.2 Å². The Kier molecular flexibility index (Phi) is 2.97. The molecule has 0 bridgehead atoms. The van der Waals surface area contributed by atoms with Crippen molar-refractivity contribution in [1.29, 1.82) is 0 Å². The Balaban J connectivity index is 2.22. The van der Waals surface area contributed by atoms with Crippen LogP contribution < -0.4 is 5.56 Å². The van der Waals surface area contributed by atoms with E-state index in [0.29, 0.717) is 23.3 Å². The van der Waals surface area contributed by atoms with Gasteiger partial charge in [-0.2, -0.15) is 0 Å². The van der Waals surface area contributed by atoms with Crippen LogP contribution in [0.5, 0.6) is 0 Å². The van der Waals surface area contributed by atoms with Crippen LogP contribution in [0, 0.1) is 5.82 Å². The third-order valence-electron chi connectivity index (χ3n) is 3.89. The van der Waals surface area contributed by atoms with Gasteiger partial charge in [-0.1, -0.05) is 19.1 Å². The molecule has 4 aromatic rings. The van der Waals surface area contributed by atoms with Crippen LogP contribution in [0.3, 0.4) is 0 Å². The van der Waals surface area contributed by atoms with Gasteiger partial charge in [-0.25, -0.2) is 8.96 Å². The molecule has 0 unspecified atom stereocenters. The number of nitrogens with zero attached hydrogens (tertiary/aromatic N) is 4. The molecule has 0 saturated heterocycles. The summed E-state index contributed by atoms with van der Waals surface area (Å²) in [6, 6.07) is 13.1. The first-order chi connectivity index (χ1) is 11.2. The minimum Gasteiger partial charge on any atom is -0.268 e. The summed E-state index contributed by atoms with van der Waals surface area (Å²) in [5, 5.41) is 8.94. The molecule has 0 radical (unpaired) electrons. The minimum absolute atomic E-state index is 0.199. The second kappa shape index (κ2) is 5.01. The zero-order chi connectivity index (χ0) is 16.0. The summed E-state index contributed by atoms with van der Waals surface area (Å²) < 4.78 is 16.5. The lowest BCUT2D eigenvalue weighted by Gasteiger charge is -2.11. The van der Waals surface area contributed by atoms with Gasteiger partial charge in [0, 0.05) is 6.42 Å². The quantitative estimate of drug-likeness (QED) is 0.572. The molecule has 5 nitrogen and oxygen atoms in total. The maximum atomic E-state index is 13.2. The summed E-state index contributed by atoms with van der Waals surface area (Å²) in [7, 11) is 0. The zero-order valence-corrected chi connectivity index (χ0v) is 12.4. The van der Waals surface area contributed by atoms with Crippen molar-refractivity contribution in [3.8, 4) is 5.69 Å². The Hall–Kier alpha value is -3.02. The van der Waals surface area contributed by atoms with Crippen LogP contribution in [0.2, 0.25) is 0 Å². The van der Waals surface area contributed by atoms with Crippen molar-refractivity contribution in [1.82, 2.24) is 19.2 Å². The van der Waals surface area contributed by atoms with Crippen LogP contribution in [0.4, 0.5) is 4.39 Å². The summed E-state index contributed by atoms with van der Waals surface area (Å²) >= 11 is 0. The molecule has 0 fully saturated rings. The Labute approximate surface area is 130 Å². The van der Waals surface area contributed by atoms with Crippen molar-refractivity contribution < 1.29 is 4.39 Å². The molecule has 0 aliphatic carbocycles. The average Bonchev–Trinajstić information content (AvgIpc) is 3.00. The average molecular weight is 308 g/mol. The van der Waals surface area contributed by atoms with Crippen molar-refractivity contribution in [3.63, 3.8) is 0 Å². The first-order valence-electron chi connectivity index (χ1n) is 7.34. The van der Waals surface area contributed by atoms with Gasteiger partial charge in [0.15, 0.2) is 0 Å². The highest BCUT2D eigenvalue weighted by Crippen LogP contribution is 2.18. The highest BCUT2D eigenvalue weighted by molar-refractivity contribution is 5.81. The van der Waals surface area contributed by atoms with Gasteiger partial charge >= 0.3 is 0 Å². The maximum Gasteiger partial charge on any atom is 0.267 e. The number of hydrogen-bond acceptors (Lipinski definition) is 3. The molecule has 0 amide bonds. The Morgan fingerprint density at radius 1 is 1.04 bits per heavy atom. The molecule has 0 saturated carbocycles. The van der Waals surface area contributed by atoms with Gasteiger partial charge in [-0.05, 0) is 36.4 Å². The van der Waals surface area contributed by atoms with E-state index in [2.05, 4.69) is 10.2 Å². The second-order valence-corrected chi connectivity index (χ2v) is 5.24. The van der Waals surface area contributed by atoms with Crippen LogP contribution in [0.15, 0.2) is 53.3 Å². The zero-order valence-electron chi connectivity index (χ0n) is 12.4. The van der Waals surface area contributed by atoms with E-state index in [1.165, 1.54) is 16.7 Å². The molecule has 0 aliphatic rings. The van der Waals surface area contributed by atoms with E-state index in [1.807, 2.05) is 29.5 Å². The Morgan fingerprint density at radius 3 is 2.52 bits per heavy atom. The van der Waals surface area contributed by atoms with Crippen LogP contribution in [-0.4, -0.2) is 19.2 Å². The van der Waals surface area contributed by atoms with Gasteiger partial charge in [0.05, 0.1) is 16.6 Å². The molecule has 4 rings (SSSR count). The molecule has 114 valence electrons. The van der Waals surface area contributed by atoms with Crippen LogP contribution >= 0.6 is 0 Å². The lowest BCUT2D eigenvalue weighted by molar-refractivity contribution is 0.627. The third-order valence-corrected chi connectivity index (χ3v) is 3.89. The molecule has 2 aromatic carbocycles. The minimum atomic E-state index is -0.352. The van der Waals surface area contributed by atoms with Gasteiger partial charge in [0.25, 0.3) is 5.56 Å². The van der Waals surface area contributed by atoms with Gasteiger partial charge in [-0.3, -0.25) is 9.20 Å². The smallest absolute Gasteiger partial charge is 0.267 e. The molecule has 2 heterocycles. The van der Waals surface area contributed by atoms with Crippen molar-refractivity contribution in [2.24, 2.45) is 0 Å². The Morgan fingerprint density at radius 2 is 1.78 bits per heavy atom. The highest BCUT2D eigenvalue weighted by Gasteiger charge is 2.16. The van der Waals surface area contributed by atoms with Crippen molar-refractivity contribution in [2.75, 3.05) is 0 Å². The normalized spacial score (nSPS) is 11.4. The Bertz CT molecular complexity index is 1080. The van der Waals surface area contributed by atoms with Crippen LogP contribution in [0.25, 0.3) is 22.4 Å². The van der Waals surface area contributed by atoms with Crippen LogP contribution in [-0.2, 0) is 6.42 Å². The highest BCUT2D eigenvalue weighted by atomic mass is 19.1. The van der Waals surface area contributed by atoms with E-state index in [1.54, 1.807) is 18.2 Å². The molecule has 6 heteroatoms. The third kappa shape index (κ3) is 1.95. The summed E-state index contributed by atoms with van der Waals surface area (Å²) in [6.07, 6.45) is 0.687. The van der Waals surface area contributed by atoms with Crippen LogP contribution in [0.1, 0.15) is 12.7 Å². The number of hydrogen-bond donors (Lipinski definition) is 0. The first kappa shape index (κ1) is 13.6. The molecular weight excluding hydrogens is 295 g/mol. The largest absolute Gasteiger partial charge is 0.268 e. The number of aryl methyl sites for hydroxylation is 1. The molecule has 23 heavy (non-hydrogen) atoms. The SMILES string of the molecule is CCc1nnc2n(-c3ccc(F)cc3)c(=O)c3ccccc3n12. The number of halogens is 1. The standard InChI is InChI=1S/C17H13FN4O/c1-2-15-19-20-17-21(12-9-7-11(18)8-10-12)16(23)13-5-3-4-6-14(13)22(15)17/h3-10H,2H2,1H3. The maximum absolute atomic E-state index is 13.2. The fourth-order valence-electron chi connectivity index (χ4n) is 2.81. The number of rotatable bonds is 2. The summed E-state index contributed by atoms with van der Waals surface area (Å²) in [4.78, 5) is 12.9. The van der Waals surface area contributed by atoms with E-state index in [0.717, 1.165) is 11.3 Å². The predicted octanol–water partition coefficient (Wildman–Crippen LogP) is 2.73. The number of para-hydroxylation sites is 1. The monoisotopic (exact) mass is 308 g/mol. The van der Waals surface area contributed by atoms with Gasteiger partial charge in [0.2, 0.25) is 5.78 Å². The van der Waals surface area contributed by atoms with E-state index in [-0.39, 0.29) is 11.4 Å². The van der Waals surface area contributed by atoms with E-state index < -0.39 is 0 Å². The van der Waals surface area contributed by atoms with Gasteiger partial charge in [-0.15, -0.1) is 10.2 Å². The van der Waals surface area contributed by atoms with E-state index >= 15 is 0 Å². The number of aromatic nitrogens is 4. The van der Waals surface area contributed by atoms with E-state index in [4.69, 9.17) is 0 Å². The lowest BCUT2D eigenvalue weighted by atomic mass is 10.2.